The van der Waals surface area contributed by atoms with E-state index in [4.69, 9.17) is 5.73 Å². The molecule has 0 aliphatic rings. The molecule has 0 amide bonds. The molecule has 0 spiro atoms. The molecule has 0 aliphatic carbocycles. The van der Waals surface area contributed by atoms with Gasteiger partial charge in [-0.2, -0.15) is 0 Å². The molecule has 20 heavy (non-hydrogen) atoms. The second-order valence-electron chi connectivity index (χ2n) is 4.48. The van der Waals surface area contributed by atoms with Crippen LogP contribution in [0.5, 0.6) is 0 Å². The van der Waals surface area contributed by atoms with Crippen LogP contribution in [0, 0.1) is 5.82 Å². The first-order valence-corrected chi connectivity index (χ1v) is 7.70. The summed E-state index contributed by atoms with van der Waals surface area (Å²) >= 11 is 6.55. The molecule has 2 aromatic rings. The minimum absolute atomic E-state index is 0.270. The third kappa shape index (κ3) is 3.28. The first-order chi connectivity index (χ1) is 9.54. The van der Waals surface area contributed by atoms with Crippen molar-refractivity contribution in [2.24, 2.45) is 5.73 Å². The molecule has 3 N–H and O–H groups in total. The summed E-state index contributed by atoms with van der Waals surface area (Å²) in [4.78, 5) is 0. The van der Waals surface area contributed by atoms with Gasteiger partial charge in [0.25, 0.3) is 0 Å². The topological polar surface area (TPSA) is 46.2 Å². The molecule has 0 fully saturated rings. The number of rotatable bonds is 4. The summed E-state index contributed by atoms with van der Waals surface area (Å²) in [6.07, 6.45) is -0.869. The van der Waals surface area contributed by atoms with E-state index in [0.717, 1.165) is 10.0 Å². The van der Waals surface area contributed by atoms with Crippen molar-refractivity contribution >= 4 is 31.9 Å². The number of aliphatic hydroxyl groups excluding tert-OH is 1. The molecule has 2 rings (SSSR count). The van der Waals surface area contributed by atoms with E-state index in [-0.39, 0.29) is 16.9 Å². The number of halogens is 3. The highest BCUT2D eigenvalue weighted by atomic mass is 79.9. The van der Waals surface area contributed by atoms with E-state index in [9.17, 15) is 9.50 Å². The van der Waals surface area contributed by atoms with Crippen LogP contribution in [0.15, 0.2) is 51.4 Å². The molecule has 0 bridgehead atoms. The quantitative estimate of drug-likeness (QED) is 0.807. The van der Waals surface area contributed by atoms with Crippen LogP contribution in [0.1, 0.15) is 23.1 Å². The van der Waals surface area contributed by atoms with Gasteiger partial charge in [0, 0.05) is 16.9 Å². The molecular weight excluding hydrogens is 389 g/mol. The number of nitrogens with two attached hydrogens (primary N) is 1. The van der Waals surface area contributed by atoms with Crippen LogP contribution in [0.2, 0.25) is 0 Å². The van der Waals surface area contributed by atoms with Gasteiger partial charge in [-0.15, -0.1) is 0 Å². The van der Waals surface area contributed by atoms with Crippen molar-refractivity contribution in [1.29, 1.82) is 0 Å². The molecule has 0 aromatic heterocycles. The van der Waals surface area contributed by atoms with Gasteiger partial charge in [-0.1, -0.05) is 40.2 Å². The van der Waals surface area contributed by atoms with E-state index in [1.807, 2.05) is 24.3 Å². The van der Waals surface area contributed by atoms with Crippen LogP contribution in [0.3, 0.4) is 0 Å². The number of hydrogen-bond acceptors (Lipinski definition) is 2. The van der Waals surface area contributed by atoms with Crippen molar-refractivity contribution in [2.75, 3.05) is 6.54 Å². The van der Waals surface area contributed by atoms with Gasteiger partial charge in [0.2, 0.25) is 0 Å². The fraction of sp³-hybridized carbons (Fsp3) is 0.200. The van der Waals surface area contributed by atoms with Gasteiger partial charge < -0.3 is 10.8 Å². The average Bonchev–Trinajstić information content (AvgIpc) is 2.44. The Bertz CT molecular complexity index is 589. The number of aliphatic hydroxyl groups is 1. The summed E-state index contributed by atoms with van der Waals surface area (Å²) in [6, 6.07) is 12.2. The van der Waals surface area contributed by atoms with Crippen LogP contribution < -0.4 is 5.73 Å². The number of hydrogen-bond donors (Lipinski definition) is 2. The third-order valence-corrected chi connectivity index (χ3v) is 4.60. The van der Waals surface area contributed by atoms with E-state index in [2.05, 4.69) is 31.9 Å². The Balaban J connectivity index is 2.36. The third-order valence-electron chi connectivity index (χ3n) is 3.23. The van der Waals surface area contributed by atoms with Crippen molar-refractivity contribution in [2.45, 2.75) is 12.0 Å². The zero-order valence-corrected chi connectivity index (χ0v) is 13.7. The lowest BCUT2D eigenvalue weighted by molar-refractivity contribution is 0.146. The lowest BCUT2D eigenvalue weighted by atomic mass is 9.89. The highest BCUT2D eigenvalue weighted by Crippen LogP contribution is 2.35. The van der Waals surface area contributed by atoms with Crippen molar-refractivity contribution in [1.82, 2.24) is 0 Å². The second kappa shape index (κ2) is 6.80. The van der Waals surface area contributed by atoms with Crippen molar-refractivity contribution in [3.63, 3.8) is 0 Å². The summed E-state index contributed by atoms with van der Waals surface area (Å²) < 4.78 is 14.8. The van der Waals surface area contributed by atoms with Gasteiger partial charge in [-0.25, -0.2) is 4.39 Å². The molecule has 0 radical (unpaired) electrons. The maximum absolute atomic E-state index is 13.6. The minimum Gasteiger partial charge on any atom is -0.388 e. The van der Waals surface area contributed by atoms with Gasteiger partial charge in [-0.05, 0) is 45.3 Å². The van der Waals surface area contributed by atoms with E-state index in [1.165, 1.54) is 6.07 Å². The summed E-state index contributed by atoms with van der Waals surface area (Å²) in [7, 11) is 0. The van der Waals surface area contributed by atoms with Crippen molar-refractivity contribution < 1.29 is 9.50 Å². The molecule has 2 aromatic carbocycles. The lowest BCUT2D eigenvalue weighted by Crippen LogP contribution is -2.20. The SMILES string of the molecule is NCC(c1ccc(Br)cc1)C(O)c1cccc(F)c1Br. The largest absolute Gasteiger partial charge is 0.388 e. The summed E-state index contributed by atoms with van der Waals surface area (Å²) in [6.45, 7) is 0.270. The van der Waals surface area contributed by atoms with Crippen LogP contribution in [-0.2, 0) is 0 Å². The molecule has 0 saturated heterocycles. The standard InChI is InChI=1S/C15H14Br2FNO/c16-10-6-4-9(5-7-10)12(8-19)15(20)11-2-1-3-13(18)14(11)17/h1-7,12,15,20H,8,19H2. The first kappa shape index (κ1) is 15.6. The van der Waals surface area contributed by atoms with Gasteiger partial charge in [-0.3, -0.25) is 0 Å². The fourth-order valence-electron chi connectivity index (χ4n) is 2.12. The average molecular weight is 403 g/mol. The normalized spacial score (nSPS) is 14.1. The van der Waals surface area contributed by atoms with Gasteiger partial charge in [0.05, 0.1) is 10.6 Å². The fourth-order valence-corrected chi connectivity index (χ4v) is 2.89. The molecule has 106 valence electrons. The molecule has 0 aliphatic heterocycles. The van der Waals surface area contributed by atoms with Gasteiger partial charge in [0.1, 0.15) is 5.82 Å². The van der Waals surface area contributed by atoms with E-state index in [0.29, 0.717) is 5.56 Å². The number of benzene rings is 2. The van der Waals surface area contributed by atoms with Crippen molar-refractivity contribution in [3.05, 3.63) is 68.4 Å². The molecule has 0 heterocycles. The zero-order valence-electron chi connectivity index (χ0n) is 10.6. The molecule has 5 heteroatoms. The maximum atomic E-state index is 13.6. The monoisotopic (exact) mass is 401 g/mol. The maximum Gasteiger partial charge on any atom is 0.137 e. The molecule has 2 atom stereocenters. The summed E-state index contributed by atoms with van der Waals surface area (Å²) in [5, 5.41) is 10.5. The highest BCUT2D eigenvalue weighted by molar-refractivity contribution is 9.10. The predicted molar refractivity (Wildman–Crippen MR) is 85.0 cm³/mol. The Morgan fingerprint density at radius 1 is 1.10 bits per heavy atom. The Hall–Kier alpha value is -0.750. The van der Waals surface area contributed by atoms with Gasteiger partial charge in [0.15, 0.2) is 0 Å². The van der Waals surface area contributed by atoms with Crippen LogP contribution in [-0.4, -0.2) is 11.7 Å². The Morgan fingerprint density at radius 3 is 2.35 bits per heavy atom. The van der Waals surface area contributed by atoms with Crippen LogP contribution >= 0.6 is 31.9 Å². The molecule has 0 saturated carbocycles. The highest BCUT2D eigenvalue weighted by Gasteiger charge is 2.24. The smallest absolute Gasteiger partial charge is 0.137 e. The molecule has 2 unspecified atom stereocenters. The van der Waals surface area contributed by atoms with Crippen LogP contribution in [0.4, 0.5) is 4.39 Å². The Labute approximate surface area is 134 Å². The second-order valence-corrected chi connectivity index (χ2v) is 6.19. The van der Waals surface area contributed by atoms with E-state index < -0.39 is 11.9 Å². The zero-order chi connectivity index (χ0) is 14.7. The van der Waals surface area contributed by atoms with E-state index >= 15 is 0 Å². The Morgan fingerprint density at radius 2 is 1.75 bits per heavy atom. The van der Waals surface area contributed by atoms with Gasteiger partial charge >= 0.3 is 0 Å². The first-order valence-electron chi connectivity index (χ1n) is 6.12. The molecule has 2 nitrogen and oxygen atoms in total. The predicted octanol–water partition coefficient (Wildman–Crippen LogP) is 4.13. The van der Waals surface area contributed by atoms with Crippen LogP contribution in [0.25, 0.3) is 0 Å². The Kier molecular flexibility index (Phi) is 5.32. The lowest BCUT2D eigenvalue weighted by Gasteiger charge is -2.23. The minimum atomic E-state index is -0.869. The summed E-state index contributed by atoms with van der Waals surface area (Å²) in [5.74, 6) is -0.686. The summed E-state index contributed by atoms with van der Waals surface area (Å²) in [5.41, 5.74) is 7.21. The van der Waals surface area contributed by atoms with Crippen molar-refractivity contribution in [3.8, 4) is 0 Å². The molecular formula is C15H14Br2FNO. The van der Waals surface area contributed by atoms with E-state index in [1.54, 1.807) is 12.1 Å².